The molecule has 106 valence electrons. The molecule has 0 spiro atoms. The molecule has 4 N–H and O–H groups in total. The van der Waals surface area contributed by atoms with Gasteiger partial charge in [0.05, 0.1) is 12.1 Å². The van der Waals surface area contributed by atoms with Crippen molar-refractivity contribution in [3.8, 4) is 0 Å². The fourth-order valence-corrected chi connectivity index (χ4v) is 1.95. The lowest BCUT2D eigenvalue weighted by Crippen LogP contribution is -2.46. The molecular formula is C12H20N4O2S. The van der Waals surface area contributed by atoms with Crippen molar-refractivity contribution < 1.29 is 9.59 Å². The van der Waals surface area contributed by atoms with Gasteiger partial charge in [0.2, 0.25) is 11.8 Å². The van der Waals surface area contributed by atoms with E-state index in [9.17, 15) is 9.59 Å². The number of carbonyl (C=O) groups excluding carboxylic acids is 2. The fourth-order valence-electron chi connectivity index (χ4n) is 1.38. The molecule has 0 radical (unpaired) electrons. The third-order valence-electron chi connectivity index (χ3n) is 2.37. The lowest BCUT2D eigenvalue weighted by Gasteiger charge is -2.14. The third kappa shape index (κ3) is 5.69. The number of hydrogen-bond acceptors (Lipinski definition) is 5. The number of anilines is 1. The molecule has 1 rings (SSSR count). The van der Waals surface area contributed by atoms with Crippen LogP contribution in [0.2, 0.25) is 0 Å². The Morgan fingerprint density at radius 1 is 1.42 bits per heavy atom. The van der Waals surface area contributed by atoms with Gasteiger partial charge in [0.25, 0.3) is 0 Å². The van der Waals surface area contributed by atoms with Crippen LogP contribution in [-0.4, -0.2) is 29.4 Å². The van der Waals surface area contributed by atoms with Crippen molar-refractivity contribution in [2.45, 2.75) is 33.2 Å². The average molecular weight is 284 g/mol. The van der Waals surface area contributed by atoms with Gasteiger partial charge in [-0.05, 0) is 12.8 Å². The van der Waals surface area contributed by atoms with E-state index in [1.807, 2.05) is 13.8 Å². The van der Waals surface area contributed by atoms with Crippen LogP contribution in [0.1, 0.15) is 26.5 Å². The first-order valence-corrected chi connectivity index (χ1v) is 7.03. The van der Waals surface area contributed by atoms with Crippen LogP contribution in [0, 0.1) is 5.92 Å². The van der Waals surface area contributed by atoms with Gasteiger partial charge in [0.1, 0.15) is 6.04 Å². The van der Waals surface area contributed by atoms with Crippen LogP contribution in [0.15, 0.2) is 5.38 Å². The SMILES string of the molecule is CC(C)CNC(=O)C(C)NC(=O)Cc1csc(N)n1. The summed E-state index contributed by atoms with van der Waals surface area (Å²) in [5.74, 6) is -0.0397. The molecule has 0 aromatic carbocycles. The summed E-state index contributed by atoms with van der Waals surface area (Å²) in [5, 5.41) is 7.57. The number of rotatable bonds is 6. The van der Waals surface area contributed by atoms with Crippen molar-refractivity contribution in [1.82, 2.24) is 15.6 Å². The summed E-state index contributed by atoms with van der Waals surface area (Å²) >= 11 is 1.29. The van der Waals surface area contributed by atoms with E-state index in [4.69, 9.17) is 5.73 Å². The van der Waals surface area contributed by atoms with Crippen molar-refractivity contribution in [1.29, 1.82) is 0 Å². The van der Waals surface area contributed by atoms with Crippen molar-refractivity contribution in [2.75, 3.05) is 12.3 Å². The topological polar surface area (TPSA) is 97.1 Å². The van der Waals surface area contributed by atoms with Crippen LogP contribution in [0.5, 0.6) is 0 Å². The van der Waals surface area contributed by atoms with E-state index >= 15 is 0 Å². The Labute approximate surface area is 116 Å². The number of hydrogen-bond donors (Lipinski definition) is 3. The standard InChI is InChI=1S/C12H20N4O2S/c1-7(2)5-14-11(18)8(3)15-10(17)4-9-6-19-12(13)16-9/h6-8H,4-5H2,1-3H3,(H2,13,16)(H,14,18)(H,15,17). The summed E-state index contributed by atoms with van der Waals surface area (Å²) in [6.45, 7) is 6.27. The van der Waals surface area contributed by atoms with Gasteiger partial charge in [0.15, 0.2) is 5.13 Å². The quantitative estimate of drug-likeness (QED) is 0.710. The number of nitrogens with one attached hydrogen (secondary N) is 2. The maximum absolute atomic E-state index is 11.7. The Morgan fingerprint density at radius 3 is 2.63 bits per heavy atom. The van der Waals surface area contributed by atoms with Gasteiger partial charge in [-0.2, -0.15) is 0 Å². The Kier molecular flexibility index (Phi) is 5.75. The van der Waals surface area contributed by atoms with E-state index in [-0.39, 0.29) is 18.2 Å². The van der Waals surface area contributed by atoms with E-state index in [1.54, 1.807) is 12.3 Å². The molecule has 1 aromatic heterocycles. The molecule has 1 aromatic rings. The highest BCUT2D eigenvalue weighted by atomic mass is 32.1. The molecular weight excluding hydrogens is 264 g/mol. The monoisotopic (exact) mass is 284 g/mol. The molecule has 0 saturated carbocycles. The number of amides is 2. The van der Waals surface area contributed by atoms with E-state index in [0.29, 0.717) is 23.3 Å². The van der Waals surface area contributed by atoms with Gasteiger partial charge in [-0.15, -0.1) is 11.3 Å². The van der Waals surface area contributed by atoms with Gasteiger partial charge < -0.3 is 16.4 Å². The maximum Gasteiger partial charge on any atom is 0.242 e. The van der Waals surface area contributed by atoms with Crippen LogP contribution in [0.3, 0.4) is 0 Å². The van der Waals surface area contributed by atoms with Crippen LogP contribution in [-0.2, 0) is 16.0 Å². The number of nitrogen functional groups attached to an aromatic ring is 1. The Hall–Kier alpha value is -1.63. The fraction of sp³-hybridized carbons (Fsp3) is 0.583. The molecule has 1 atom stereocenters. The van der Waals surface area contributed by atoms with E-state index in [0.717, 1.165) is 0 Å². The zero-order chi connectivity index (χ0) is 14.4. The molecule has 0 saturated heterocycles. The molecule has 0 aliphatic carbocycles. The normalized spacial score (nSPS) is 12.2. The van der Waals surface area contributed by atoms with Gasteiger partial charge >= 0.3 is 0 Å². The largest absolute Gasteiger partial charge is 0.375 e. The summed E-state index contributed by atoms with van der Waals surface area (Å²) in [4.78, 5) is 27.4. The third-order valence-corrected chi connectivity index (χ3v) is 3.09. The number of thiazole rings is 1. The van der Waals surface area contributed by atoms with Crippen molar-refractivity contribution in [3.63, 3.8) is 0 Å². The summed E-state index contributed by atoms with van der Waals surface area (Å²) in [6, 6.07) is -0.553. The first-order valence-electron chi connectivity index (χ1n) is 6.15. The second-order valence-corrected chi connectivity index (χ2v) is 5.67. The highest BCUT2D eigenvalue weighted by Crippen LogP contribution is 2.11. The van der Waals surface area contributed by atoms with Crippen LogP contribution < -0.4 is 16.4 Å². The molecule has 19 heavy (non-hydrogen) atoms. The average Bonchev–Trinajstić information content (AvgIpc) is 2.71. The molecule has 0 aliphatic rings. The summed E-state index contributed by atoms with van der Waals surface area (Å²) in [6.07, 6.45) is 0.134. The molecule has 7 heteroatoms. The first kappa shape index (κ1) is 15.4. The highest BCUT2D eigenvalue weighted by Gasteiger charge is 2.16. The second-order valence-electron chi connectivity index (χ2n) is 4.78. The van der Waals surface area contributed by atoms with Gasteiger partial charge in [0, 0.05) is 11.9 Å². The molecule has 2 amide bonds. The second kappa shape index (κ2) is 7.08. The first-order chi connectivity index (χ1) is 8.88. The smallest absolute Gasteiger partial charge is 0.242 e. The summed E-state index contributed by atoms with van der Waals surface area (Å²) in [7, 11) is 0. The van der Waals surface area contributed by atoms with Crippen molar-refractivity contribution in [3.05, 3.63) is 11.1 Å². The molecule has 0 bridgehead atoms. The minimum Gasteiger partial charge on any atom is -0.375 e. The van der Waals surface area contributed by atoms with Gasteiger partial charge in [-0.1, -0.05) is 13.8 Å². The van der Waals surface area contributed by atoms with Gasteiger partial charge in [-0.3, -0.25) is 9.59 Å². The number of nitrogens with zero attached hydrogens (tertiary/aromatic N) is 1. The molecule has 0 fully saturated rings. The molecule has 6 nitrogen and oxygen atoms in total. The lowest BCUT2D eigenvalue weighted by atomic mass is 10.2. The van der Waals surface area contributed by atoms with Gasteiger partial charge in [-0.25, -0.2) is 4.98 Å². The van der Waals surface area contributed by atoms with Crippen molar-refractivity contribution >= 4 is 28.3 Å². The Morgan fingerprint density at radius 2 is 2.11 bits per heavy atom. The predicted octanol–water partition coefficient (Wildman–Crippen LogP) is 0.545. The zero-order valence-corrected chi connectivity index (χ0v) is 12.2. The maximum atomic E-state index is 11.7. The minimum atomic E-state index is -0.553. The Bertz CT molecular complexity index is 445. The minimum absolute atomic E-state index is 0.134. The van der Waals surface area contributed by atoms with Crippen LogP contribution >= 0.6 is 11.3 Å². The van der Waals surface area contributed by atoms with Crippen LogP contribution in [0.25, 0.3) is 0 Å². The lowest BCUT2D eigenvalue weighted by molar-refractivity contribution is -0.128. The number of carbonyl (C=O) groups is 2. The van der Waals surface area contributed by atoms with Crippen molar-refractivity contribution in [2.24, 2.45) is 5.92 Å². The Balaban J connectivity index is 2.37. The molecule has 0 aliphatic heterocycles. The zero-order valence-electron chi connectivity index (χ0n) is 11.4. The van der Waals surface area contributed by atoms with Crippen LogP contribution in [0.4, 0.5) is 5.13 Å². The summed E-state index contributed by atoms with van der Waals surface area (Å²) < 4.78 is 0. The summed E-state index contributed by atoms with van der Waals surface area (Å²) in [5.41, 5.74) is 6.10. The molecule has 1 heterocycles. The number of nitrogens with two attached hydrogens (primary N) is 1. The molecule has 1 unspecified atom stereocenters. The van der Waals surface area contributed by atoms with E-state index in [1.165, 1.54) is 11.3 Å². The predicted molar refractivity (Wildman–Crippen MR) is 75.7 cm³/mol. The van der Waals surface area contributed by atoms with E-state index < -0.39 is 6.04 Å². The van der Waals surface area contributed by atoms with E-state index in [2.05, 4.69) is 15.6 Å². The highest BCUT2D eigenvalue weighted by molar-refractivity contribution is 7.13. The number of aromatic nitrogens is 1.